The quantitative estimate of drug-likeness (QED) is 0.660. The average Bonchev–Trinajstić information content (AvgIpc) is 2.04. The van der Waals surface area contributed by atoms with Crippen molar-refractivity contribution >= 4 is 5.69 Å². The van der Waals surface area contributed by atoms with Crippen LogP contribution < -0.4 is 5.32 Å². The van der Waals surface area contributed by atoms with Crippen molar-refractivity contribution in [1.29, 1.82) is 0 Å². The molecule has 1 aromatic rings. The van der Waals surface area contributed by atoms with Crippen LogP contribution in [-0.4, -0.2) is 7.05 Å². The maximum atomic E-state index is 3.15. The Morgan fingerprint density at radius 3 is 2.60 bits per heavy atom. The van der Waals surface area contributed by atoms with E-state index in [1.165, 1.54) is 11.3 Å². The van der Waals surface area contributed by atoms with E-state index in [0.717, 1.165) is 6.42 Å². The van der Waals surface area contributed by atoms with Crippen LogP contribution >= 0.6 is 0 Å². The minimum Gasteiger partial charge on any atom is -0.388 e. The van der Waals surface area contributed by atoms with Gasteiger partial charge in [0.25, 0.3) is 0 Å². The Kier molecular flexibility index (Phi) is 2.32. The molecule has 56 valence electrons. The van der Waals surface area contributed by atoms with Crippen LogP contribution in [0.3, 0.4) is 0 Å². The van der Waals surface area contributed by atoms with Gasteiger partial charge in [0.1, 0.15) is 0 Å². The third-order valence-electron chi connectivity index (χ3n) is 1.67. The van der Waals surface area contributed by atoms with Crippen molar-refractivity contribution in [2.75, 3.05) is 12.4 Å². The van der Waals surface area contributed by atoms with E-state index in [1.54, 1.807) is 0 Å². The van der Waals surface area contributed by atoms with Crippen LogP contribution in [-0.2, 0) is 6.42 Å². The molecule has 1 aromatic carbocycles. The Bertz CT molecular complexity index is 187. The molecule has 1 heteroatoms. The van der Waals surface area contributed by atoms with Gasteiger partial charge in [-0.05, 0) is 18.1 Å². The standard InChI is InChI=1S/C9H13N.H2/c1-3-8-6-4-5-7-9(8)10-2;/h4-7,10H,3H2,1-2H3;1H. The van der Waals surface area contributed by atoms with E-state index in [2.05, 4.69) is 30.4 Å². The Labute approximate surface area is 63.6 Å². The Morgan fingerprint density at radius 1 is 1.40 bits per heavy atom. The number of nitrogens with one attached hydrogen (secondary N) is 1. The van der Waals surface area contributed by atoms with Crippen molar-refractivity contribution in [1.82, 2.24) is 0 Å². The number of aryl methyl sites for hydroxylation is 1. The summed E-state index contributed by atoms with van der Waals surface area (Å²) < 4.78 is 0. The molecule has 0 amide bonds. The van der Waals surface area contributed by atoms with Crippen molar-refractivity contribution in [2.45, 2.75) is 13.3 Å². The lowest BCUT2D eigenvalue weighted by Crippen LogP contribution is -1.92. The lowest BCUT2D eigenvalue weighted by molar-refractivity contribution is 1.14. The second-order valence-corrected chi connectivity index (χ2v) is 2.26. The summed E-state index contributed by atoms with van der Waals surface area (Å²) >= 11 is 0. The molecule has 0 saturated carbocycles. The molecule has 0 aromatic heterocycles. The van der Waals surface area contributed by atoms with Gasteiger partial charge in [0.05, 0.1) is 0 Å². The van der Waals surface area contributed by atoms with Gasteiger partial charge >= 0.3 is 0 Å². The summed E-state index contributed by atoms with van der Waals surface area (Å²) in [5.41, 5.74) is 2.62. The Morgan fingerprint density at radius 2 is 2.10 bits per heavy atom. The number of para-hydroxylation sites is 1. The molecule has 0 aliphatic carbocycles. The smallest absolute Gasteiger partial charge is 0.0370 e. The van der Waals surface area contributed by atoms with Gasteiger partial charge in [-0.2, -0.15) is 0 Å². The molecule has 0 atom stereocenters. The highest BCUT2D eigenvalue weighted by atomic mass is 14.8. The predicted octanol–water partition coefficient (Wildman–Crippen LogP) is 2.54. The van der Waals surface area contributed by atoms with Gasteiger partial charge in [-0.1, -0.05) is 25.1 Å². The van der Waals surface area contributed by atoms with Crippen LogP contribution in [0.4, 0.5) is 5.69 Å². The zero-order valence-corrected chi connectivity index (χ0v) is 6.52. The molecule has 0 unspecified atom stereocenters. The van der Waals surface area contributed by atoms with Gasteiger partial charge in [-0.15, -0.1) is 0 Å². The van der Waals surface area contributed by atoms with Crippen molar-refractivity contribution in [3.8, 4) is 0 Å². The third-order valence-corrected chi connectivity index (χ3v) is 1.67. The summed E-state index contributed by atoms with van der Waals surface area (Å²) in [4.78, 5) is 0. The SMILES string of the molecule is CCc1ccccc1NC.[HH]. The van der Waals surface area contributed by atoms with Gasteiger partial charge in [0.15, 0.2) is 0 Å². The van der Waals surface area contributed by atoms with E-state index in [9.17, 15) is 0 Å². The summed E-state index contributed by atoms with van der Waals surface area (Å²) in [6.45, 7) is 2.16. The van der Waals surface area contributed by atoms with Crippen LogP contribution in [0.5, 0.6) is 0 Å². The van der Waals surface area contributed by atoms with Gasteiger partial charge in [0, 0.05) is 14.2 Å². The van der Waals surface area contributed by atoms with Gasteiger partial charge < -0.3 is 5.32 Å². The number of anilines is 1. The van der Waals surface area contributed by atoms with Gasteiger partial charge in [-0.25, -0.2) is 0 Å². The van der Waals surface area contributed by atoms with E-state index in [-0.39, 0.29) is 1.43 Å². The minimum absolute atomic E-state index is 0. The van der Waals surface area contributed by atoms with Crippen LogP contribution in [0, 0.1) is 0 Å². The lowest BCUT2D eigenvalue weighted by atomic mass is 10.1. The van der Waals surface area contributed by atoms with Gasteiger partial charge in [-0.3, -0.25) is 0 Å². The molecule has 0 heterocycles. The fourth-order valence-electron chi connectivity index (χ4n) is 1.07. The number of hydrogen-bond donors (Lipinski definition) is 1. The number of rotatable bonds is 2. The van der Waals surface area contributed by atoms with Crippen molar-refractivity contribution in [3.05, 3.63) is 29.8 Å². The van der Waals surface area contributed by atoms with E-state index < -0.39 is 0 Å². The van der Waals surface area contributed by atoms with Crippen LogP contribution in [0.25, 0.3) is 0 Å². The summed E-state index contributed by atoms with van der Waals surface area (Å²) in [5.74, 6) is 0. The van der Waals surface area contributed by atoms with E-state index in [0.29, 0.717) is 0 Å². The Balaban J connectivity index is 0.000001000. The summed E-state index contributed by atoms with van der Waals surface area (Å²) in [6, 6.07) is 8.36. The number of benzene rings is 1. The topological polar surface area (TPSA) is 12.0 Å². The molecule has 1 nitrogen and oxygen atoms in total. The molecule has 1 rings (SSSR count). The molecule has 0 radical (unpaired) electrons. The molecule has 0 aliphatic rings. The number of hydrogen-bond acceptors (Lipinski definition) is 1. The van der Waals surface area contributed by atoms with Gasteiger partial charge in [0.2, 0.25) is 0 Å². The van der Waals surface area contributed by atoms with E-state index >= 15 is 0 Å². The maximum absolute atomic E-state index is 3.15. The Hall–Kier alpha value is -0.980. The molecule has 0 fully saturated rings. The monoisotopic (exact) mass is 137 g/mol. The zero-order chi connectivity index (χ0) is 7.40. The maximum Gasteiger partial charge on any atom is 0.0370 e. The normalized spacial score (nSPS) is 9.40. The van der Waals surface area contributed by atoms with E-state index in [4.69, 9.17) is 0 Å². The largest absolute Gasteiger partial charge is 0.388 e. The van der Waals surface area contributed by atoms with Crippen molar-refractivity contribution < 1.29 is 1.43 Å². The fraction of sp³-hybridized carbons (Fsp3) is 0.333. The molecule has 0 saturated heterocycles. The van der Waals surface area contributed by atoms with Crippen LogP contribution in [0.1, 0.15) is 13.9 Å². The minimum atomic E-state index is 0. The molecule has 0 aliphatic heterocycles. The average molecular weight is 137 g/mol. The molecule has 0 bridgehead atoms. The molecule has 1 N–H and O–H groups in total. The summed E-state index contributed by atoms with van der Waals surface area (Å²) in [7, 11) is 1.95. The van der Waals surface area contributed by atoms with Crippen LogP contribution in [0.15, 0.2) is 24.3 Å². The predicted molar refractivity (Wildman–Crippen MR) is 47.5 cm³/mol. The molecular formula is C9H15N. The second kappa shape index (κ2) is 3.25. The summed E-state index contributed by atoms with van der Waals surface area (Å²) in [5, 5.41) is 3.15. The highest BCUT2D eigenvalue weighted by Crippen LogP contribution is 2.13. The van der Waals surface area contributed by atoms with Crippen LogP contribution in [0.2, 0.25) is 0 Å². The summed E-state index contributed by atoms with van der Waals surface area (Å²) in [6.07, 6.45) is 1.09. The lowest BCUT2D eigenvalue weighted by Gasteiger charge is -2.04. The second-order valence-electron chi connectivity index (χ2n) is 2.26. The van der Waals surface area contributed by atoms with Crippen molar-refractivity contribution in [3.63, 3.8) is 0 Å². The first kappa shape index (κ1) is 7.13. The fourth-order valence-corrected chi connectivity index (χ4v) is 1.07. The highest BCUT2D eigenvalue weighted by molar-refractivity contribution is 5.50. The van der Waals surface area contributed by atoms with Crippen molar-refractivity contribution in [2.24, 2.45) is 0 Å². The molecule has 0 spiro atoms. The highest BCUT2D eigenvalue weighted by Gasteiger charge is 1.93. The van der Waals surface area contributed by atoms with E-state index in [1.807, 2.05) is 13.1 Å². The first-order valence-electron chi connectivity index (χ1n) is 3.64. The molecule has 10 heavy (non-hydrogen) atoms. The zero-order valence-electron chi connectivity index (χ0n) is 6.52. The first-order valence-corrected chi connectivity index (χ1v) is 3.64. The third kappa shape index (κ3) is 1.29. The first-order chi connectivity index (χ1) is 4.88. The molecular weight excluding hydrogens is 122 g/mol.